The maximum Gasteiger partial charge on any atom is 0.343 e. The second kappa shape index (κ2) is 11.6. The topological polar surface area (TPSA) is 54.0 Å². The van der Waals surface area contributed by atoms with E-state index in [2.05, 4.69) is 27.7 Å². The molecule has 0 unspecified atom stereocenters. The number of carbonyl (C=O) groups excluding carboxylic acids is 1. The standard InChI is InChI=1S/C23H32O5Si/c1-5-15-25-20-11-13-21(14-12-20)27-22(24)18-7-9-19(10-8-18)26-16-6-17-29-28-23(2,3)4/h7-14H,5-6,15-17,29H2,1-4H3. The van der Waals surface area contributed by atoms with Crippen molar-refractivity contribution >= 4 is 15.7 Å². The second-order valence-corrected chi connectivity index (χ2v) is 9.15. The minimum Gasteiger partial charge on any atom is -0.494 e. The lowest BCUT2D eigenvalue weighted by Crippen LogP contribution is -2.21. The van der Waals surface area contributed by atoms with Gasteiger partial charge in [-0.1, -0.05) is 6.92 Å². The van der Waals surface area contributed by atoms with Gasteiger partial charge < -0.3 is 18.6 Å². The van der Waals surface area contributed by atoms with Crippen molar-refractivity contribution < 1.29 is 23.4 Å². The van der Waals surface area contributed by atoms with Crippen LogP contribution in [0, 0.1) is 0 Å². The molecular weight excluding hydrogens is 384 g/mol. The summed E-state index contributed by atoms with van der Waals surface area (Å²) >= 11 is 0. The first-order chi connectivity index (χ1) is 13.9. The molecule has 6 heteroatoms. The van der Waals surface area contributed by atoms with Crippen molar-refractivity contribution in [1.82, 2.24) is 0 Å². The van der Waals surface area contributed by atoms with Gasteiger partial charge >= 0.3 is 5.97 Å². The summed E-state index contributed by atoms with van der Waals surface area (Å²) < 4.78 is 22.5. The van der Waals surface area contributed by atoms with Gasteiger partial charge in [0.15, 0.2) is 9.76 Å². The van der Waals surface area contributed by atoms with Crippen LogP contribution < -0.4 is 14.2 Å². The third kappa shape index (κ3) is 9.15. The molecule has 0 amide bonds. The molecule has 29 heavy (non-hydrogen) atoms. The number of hydrogen-bond donors (Lipinski definition) is 0. The van der Waals surface area contributed by atoms with Gasteiger partial charge in [0, 0.05) is 5.60 Å². The zero-order valence-electron chi connectivity index (χ0n) is 17.9. The van der Waals surface area contributed by atoms with E-state index in [4.69, 9.17) is 18.6 Å². The fourth-order valence-corrected chi connectivity index (χ4v) is 3.61. The van der Waals surface area contributed by atoms with Crippen LogP contribution in [0.25, 0.3) is 0 Å². The summed E-state index contributed by atoms with van der Waals surface area (Å²) in [7, 11) is -0.495. The number of ether oxygens (including phenoxy) is 3. The fraction of sp³-hybridized carbons (Fsp3) is 0.435. The summed E-state index contributed by atoms with van der Waals surface area (Å²) in [6.45, 7) is 9.62. The zero-order valence-corrected chi connectivity index (χ0v) is 19.3. The Morgan fingerprint density at radius 1 is 0.862 bits per heavy atom. The molecule has 158 valence electrons. The predicted molar refractivity (Wildman–Crippen MR) is 118 cm³/mol. The highest BCUT2D eigenvalue weighted by atomic mass is 28.2. The maximum absolute atomic E-state index is 12.3. The molecule has 0 saturated carbocycles. The molecule has 2 aromatic rings. The van der Waals surface area contributed by atoms with E-state index in [1.54, 1.807) is 48.5 Å². The molecule has 2 aromatic carbocycles. The van der Waals surface area contributed by atoms with Crippen molar-refractivity contribution in [3.63, 3.8) is 0 Å². The number of hydrogen-bond acceptors (Lipinski definition) is 5. The summed E-state index contributed by atoms with van der Waals surface area (Å²) in [6, 6.07) is 15.2. The van der Waals surface area contributed by atoms with Gasteiger partial charge in [0.05, 0.1) is 18.8 Å². The lowest BCUT2D eigenvalue weighted by atomic mass is 10.2. The largest absolute Gasteiger partial charge is 0.494 e. The van der Waals surface area contributed by atoms with Gasteiger partial charge in [-0.25, -0.2) is 4.79 Å². The zero-order chi connectivity index (χ0) is 21.1. The molecule has 2 rings (SSSR count). The van der Waals surface area contributed by atoms with E-state index in [-0.39, 0.29) is 5.60 Å². The summed E-state index contributed by atoms with van der Waals surface area (Å²) in [6.07, 6.45) is 1.92. The van der Waals surface area contributed by atoms with E-state index in [9.17, 15) is 4.79 Å². The van der Waals surface area contributed by atoms with E-state index < -0.39 is 15.7 Å². The normalized spacial score (nSPS) is 11.6. The van der Waals surface area contributed by atoms with Crippen molar-refractivity contribution in [2.24, 2.45) is 0 Å². The molecule has 0 aliphatic carbocycles. The van der Waals surface area contributed by atoms with Gasteiger partial charge in [-0.15, -0.1) is 0 Å². The van der Waals surface area contributed by atoms with Gasteiger partial charge in [0.1, 0.15) is 17.2 Å². The van der Waals surface area contributed by atoms with Crippen LogP contribution in [-0.4, -0.2) is 34.5 Å². The third-order valence-corrected chi connectivity index (χ3v) is 5.80. The van der Waals surface area contributed by atoms with E-state index in [1.165, 1.54) is 0 Å². The van der Waals surface area contributed by atoms with Crippen LogP contribution in [-0.2, 0) is 4.43 Å². The summed E-state index contributed by atoms with van der Waals surface area (Å²) in [4.78, 5) is 12.3. The highest BCUT2D eigenvalue weighted by Gasteiger charge is 2.10. The van der Waals surface area contributed by atoms with Gasteiger partial charge in [0.25, 0.3) is 0 Å². The third-order valence-electron chi connectivity index (χ3n) is 3.94. The van der Waals surface area contributed by atoms with Gasteiger partial charge in [0.2, 0.25) is 0 Å². The minimum absolute atomic E-state index is 0.0393. The van der Waals surface area contributed by atoms with E-state index in [1.807, 2.05) is 0 Å². The molecular formula is C23H32O5Si. The smallest absolute Gasteiger partial charge is 0.343 e. The lowest BCUT2D eigenvalue weighted by molar-refractivity contribution is 0.0734. The van der Waals surface area contributed by atoms with Crippen molar-refractivity contribution in [3.8, 4) is 17.2 Å². The Morgan fingerprint density at radius 2 is 1.41 bits per heavy atom. The molecule has 0 radical (unpaired) electrons. The Hall–Kier alpha value is -2.31. The summed E-state index contributed by atoms with van der Waals surface area (Å²) in [5, 5.41) is 0. The molecule has 0 aliphatic rings. The average molecular weight is 417 g/mol. The van der Waals surface area contributed by atoms with Gasteiger partial charge in [-0.3, -0.25) is 0 Å². The highest BCUT2D eigenvalue weighted by Crippen LogP contribution is 2.20. The average Bonchev–Trinajstić information content (AvgIpc) is 2.69. The van der Waals surface area contributed by atoms with E-state index >= 15 is 0 Å². The molecule has 0 fully saturated rings. The first-order valence-electron chi connectivity index (χ1n) is 10.2. The number of rotatable bonds is 11. The first-order valence-corrected chi connectivity index (χ1v) is 11.8. The number of benzene rings is 2. The summed E-state index contributed by atoms with van der Waals surface area (Å²) in [5.41, 5.74) is 0.442. The Morgan fingerprint density at radius 3 is 2.00 bits per heavy atom. The molecule has 0 aromatic heterocycles. The Labute approximate surface area is 176 Å². The quantitative estimate of drug-likeness (QED) is 0.228. The Kier molecular flexibility index (Phi) is 9.21. The van der Waals surface area contributed by atoms with Crippen molar-refractivity contribution in [3.05, 3.63) is 54.1 Å². The van der Waals surface area contributed by atoms with Crippen LogP contribution in [0.15, 0.2) is 48.5 Å². The minimum atomic E-state index is -0.495. The molecule has 0 aliphatic heterocycles. The number of esters is 1. The van der Waals surface area contributed by atoms with Crippen molar-refractivity contribution in [2.75, 3.05) is 13.2 Å². The van der Waals surface area contributed by atoms with Crippen molar-refractivity contribution in [1.29, 1.82) is 0 Å². The van der Waals surface area contributed by atoms with Crippen LogP contribution in [0.1, 0.15) is 50.9 Å². The predicted octanol–water partition coefficient (Wildman–Crippen LogP) is 4.78. The van der Waals surface area contributed by atoms with Crippen LogP contribution in [0.3, 0.4) is 0 Å². The summed E-state index contributed by atoms with van der Waals surface area (Å²) in [5.74, 6) is 1.60. The Balaban J connectivity index is 1.74. The molecule has 0 bridgehead atoms. The molecule has 0 atom stereocenters. The fourth-order valence-electron chi connectivity index (χ4n) is 2.45. The Bertz CT molecular complexity index is 735. The SMILES string of the molecule is CCCOc1ccc(OC(=O)c2ccc(OCCC[SiH2]OC(C)(C)C)cc2)cc1. The maximum atomic E-state index is 12.3. The van der Waals surface area contributed by atoms with Crippen LogP contribution >= 0.6 is 0 Å². The van der Waals surface area contributed by atoms with Crippen LogP contribution in [0.5, 0.6) is 17.2 Å². The first kappa shape index (κ1) is 23.0. The van der Waals surface area contributed by atoms with E-state index in [0.29, 0.717) is 24.5 Å². The van der Waals surface area contributed by atoms with Gasteiger partial charge in [-0.05, 0) is 88.2 Å². The van der Waals surface area contributed by atoms with Gasteiger partial charge in [-0.2, -0.15) is 0 Å². The monoisotopic (exact) mass is 416 g/mol. The molecule has 0 saturated heterocycles. The van der Waals surface area contributed by atoms with Crippen molar-refractivity contribution in [2.45, 2.75) is 52.2 Å². The highest BCUT2D eigenvalue weighted by molar-refractivity contribution is 6.27. The molecule has 0 N–H and O–H groups in total. The lowest BCUT2D eigenvalue weighted by Gasteiger charge is -2.19. The molecule has 0 spiro atoms. The van der Waals surface area contributed by atoms with Crippen LogP contribution in [0.4, 0.5) is 0 Å². The molecule has 5 nitrogen and oxygen atoms in total. The van der Waals surface area contributed by atoms with E-state index in [0.717, 1.165) is 30.4 Å². The number of carbonyl (C=O) groups is 1. The molecule has 0 heterocycles. The second-order valence-electron chi connectivity index (χ2n) is 7.75. The van der Waals surface area contributed by atoms with Crippen LogP contribution in [0.2, 0.25) is 6.04 Å².